The molecular weight excluding hydrogens is 478 g/mol. The third kappa shape index (κ3) is 5.40. The van der Waals surface area contributed by atoms with Crippen LogP contribution >= 0.6 is 0 Å². The second-order valence-electron chi connectivity index (χ2n) is 9.16. The van der Waals surface area contributed by atoms with Crippen LogP contribution in [0.25, 0.3) is 0 Å². The summed E-state index contributed by atoms with van der Waals surface area (Å²) in [6.07, 6.45) is -18.8. The van der Waals surface area contributed by atoms with Crippen LogP contribution in [0.4, 0.5) is 0 Å². The predicted octanol–water partition coefficient (Wildman–Crippen LogP) is -7.78. The maximum Gasteiger partial charge on any atom is 0.187 e. The van der Waals surface area contributed by atoms with Gasteiger partial charge in [-0.05, 0) is 5.57 Å². The third-order valence-electron chi connectivity index (χ3n) is 7.02. The van der Waals surface area contributed by atoms with Crippen LogP contribution in [0.3, 0.4) is 0 Å². The highest BCUT2D eigenvalue weighted by Gasteiger charge is 2.54. The average Bonchev–Trinajstić information content (AvgIpc) is 2.85. The summed E-state index contributed by atoms with van der Waals surface area (Å²) in [6.45, 7) is -2.18. The Morgan fingerprint density at radius 2 is 1.37 bits per heavy atom. The standard InChI is InChI=1S/C20H35NO14/c22-2-5-1-7(12(27)15(30)10(5)25)21-9-11(26)6(3-23)19(17(32)14(9)29)35-20-18(33)16(31)13(28)8(4-24)34-20/h1,6-33H,2-4H2/t6-,7-,8+,9-,10+,11+,12-,13+,14-,15-,16-,17+,18+,19+,20-/m0/s1. The molecule has 0 spiro atoms. The number of rotatable bonds is 7. The van der Waals surface area contributed by atoms with Crippen LogP contribution in [0.1, 0.15) is 0 Å². The Kier molecular flexibility index (Phi) is 9.58. The molecule has 2 aliphatic carbocycles. The number of aliphatic hydroxyl groups is 12. The van der Waals surface area contributed by atoms with Crippen molar-refractivity contribution in [3.05, 3.63) is 11.6 Å². The largest absolute Gasteiger partial charge is 0.396 e. The quantitative estimate of drug-likeness (QED) is 0.141. The van der Waals surface area contributed by atoms with Crippen LogP contribution in [0.5, 0.6) is 0 Å². The molecule has 0 aromatic heterocycles. The van der Waals surface area contributed by atoms with Crippen molar-refractivity contribution in [2.24, 2.45) is 5.92 Å². The summed E-state index contributed by atoms with van der Waals surface area (Å²) in [5.74, 6) is -1.31. The lowest BCUT2D eigenvalue weighted by Gasteiger charge is -2.49. The van der Waals surface area contributed by atoms with Crippen molar-refractivity contribution in [3.8, 4) is 0 Å². The highest BCUT2D eigenvalue weighted by atomic mass is 16.7. The van der Waals surface area contributed by atoms with Crippen molar-refractivity contribution in [1.82, 2.24) is 5.32 Å². The van der Waals surface area contributed by atoms with Gasteiger partial charge in [0, 0.05) is 5.92 Å². The fraction of sp³-hybridized carbons (Fsp3) is 0.900. The van der Waals surface area contributed by atoms with E-state index >= 15 is 0 Å². The number of aliphatic hydroxyl groups excluding tert-OH is 12. The summed E-state index contributed by atoms with van der Waals surface area (Å²) >= 11 is 0. The molecule has 0 aromatic carbocycles. The fourth-order valence-corrected chi connectivity index (χ4v) is 4.81. The van der Waals surface area contributed by atoms with Crippen LogP contribution in [-0.2, 0) is 9.47 Å². The zero-order valence-electron chi connectivity index (χ0n) is 18.5. The molecule has 0 unspecified atom stereocenters. The summed E-state index contributed by atoms with van der Waals surface area (Å²) in [6, 6.07) is -2.59. The van der Waals surface area contributed by atoms with Gasteiger partial charge in [-0.1, -0.05) is 6.08 Å². The van der Waals surface area contributed by atoms with E-state index in [0.717, 1.165) is 0 Å². The van der Waals surface area contributed by atoms with Crippen LogP contribution < -0.4 is 5.32 Å². The molecule has 1 saturated carbocycles. The van der Waals surface area contributed by atoms with E-state index in [2.05, 4.69) is 5.32 Å². The van der Waals surface area contributed by atoms with Crippen molar-refractivity contribution in [3.63, 3.8) is 0 Å². The number of nitrogens with one attached hydrogen (secondary N) is 1. The van der Waals surface area contributed by atoms with E-state index in [4.69, 9.17) is 9.47 Å². The second-order valence-corrected chi connectivity index (χ2v) is 9.16. The average molecular weight is 513 g/mol. The zero-order valence-corrected chi connectivity index (χ0v) is 18.5. The van der Waals surface area contributed by atoms with Crippen LogP contribution in [0.15, 0.2) is 11.6 Å². The molecule has 35 heavy (non-hydrogen) atoms. The molecule has 1 heterocycles. The first-order chi connectivity index (χ1) is 16.5. The SMILES string of the molecule is OCC1=C[C@H](N[C@@H]2[C@H](O)[C@@H](O)[C@H](O[C@@H]3O[C@H](CO)[C@@H](O)[C@H](O)[C@H]3O)[C@@H](CO)[C@H]2O)[C@H](O)[C@@H](O)[C@@H]1O. The minimum absolute atomic E-state index is 0.0248. The van der Waals surface area contributed by atoms with Crippen LogP contribution in [-0.4, -0.2) is 167 Å². The van der Waals surface area contributed by atoms with E-state index in [0.29, 0.717) is 0 Å². The zero-order chi connectivity index (χ0) is 26.2. The first-order valence-electron chi connectivity index (χ1n) is 11.2. The van der Waals surface area contributed by atoms with Crippen molar-refractivity contribution >= 4 is 0 Å². The van der Waals surface area contributed by atoms with E-state index in [9.17, 15) is 61.3 Å². The van der Waals surface area contributed by atoms with E-state index in [1.54, 1.807) is 0 Å². The molecule has 2 fully saturated rings. The van der Waals surface area contributed by atoms with Gasteiger partial charge in [0.1, 0.15) is 54.9 Å². The summed E-state index contributed by atoms with van der Waals surface area (Å²) in [5.41, 5.74) is -0.0248. The first-order valence-corrected chi connectivity index (χ1v) is 11.2. The monoisotopic (exact) mass is 513 g/mol. The lowest BCUT2D eigenvalue weighted by Crippen LogP contribution is -2.70. The molecule has 0 amide bonds. The molecule has 13 N–H and O–H groups in total. The Labute approximate surface area is 199 Å². The molecule has 15 heteroatoms. The summed E-state index contributed by atoms with van der Waals surface area (Å²) in [7, 11) is 0. The molecular formula is C20H35NO14. The molecule has 3 rings (SSSR count). The summed E-state index contributed by atoms with van der Waals surface area (Å²) in [5, 5.41) is 124. The Balaban J connectivity index is 1.79. The molecule has 3 aliphatic rings. The number of hydrogen-bond donors (Lipinski definition) is 13. The minimum atomic E-state index is -1.84. The van der Waals surface area contributed by atoms with Crippen molar-refractivity contribution in [2.45, 2.75) is 85.5 Å². The normalized spacial score (nSPS) is 51.2. The van der Waals surface area contributed by atoms with E-state index in [-0.39, 0.29) is 5.57 Å². The Hall–Kier alpha value is -0.860. The predicted molar refractivity (Wildman–Crippen MR) is 111 cm³/mol. The summed E-state index contributed by atoms with van der Waals surface area (Å²) < 4.78 is 10.7. The maximum atomic E-state index is 10.9. The van der Waals surface area contributed by atoms with Crippen molar-refractivity contribution < 1.29 is 70.8 Å². The van der Waals surface area contributed by atoms with Gasteiger partial charge in [-0.2, -0.15) is 0 Å². The molecule has 0 radical (unpaired) electrons. The smallest absolute Gasteiger partial charge is 0.187 e. The Morgan fingerprint density at radius 1 is 0.714 bits per heavy atom. The molecule has 1 saturated heterocycles. The summed E-state index contributed by atoms with van der Waals surface area (Å²) in [4.78, 5) is 0. The molecule has 1 aliphatic heterocycles. The van der Waals surface area contributed by atoms with E-state index in [1.807, 2.05) is 0 Å². The van der Waals surface area contributed by atoms with Gasteiger partial charge < -0.3 is 76.1 Å². The topological polar surface area (TPSA) is 273 Å². The first kappa shape index (κ1) is 28.7. The van der Waals surface area contributed by atoms with Gasteiger partial charge >= 0.3 is 0 Å². The number of ether oxygens (including phenoxy) is 2. The van der Waals surface area contributed by atoms with Crippen molar-refractivity contribution in [2.75, 3.05) is 19.8 Å². The molecule has 204 valence electrons. The third-order valence-corrected chi connectivity index (χ3v) is 7.02. The van der Waals surface area contributed by atoms with Gasteiger partial charge in [0.25, 0.3) is 0 Å². The van der Waals surface area contributed by atoms with Crippen LogP contribution in [0.2, 0.25) is 0 Å². The molecule has 15 nitrogen and oxygen atoms in total. The van der Waals surface area contributed by atoms with Gasteiger partial charge in [-0.3, -0.25) is 0 Å². The van der Waals surface area contributed by atoms with Gasteiger partial charge in [0.15, 0.2) is 6.29 Å². The molecule has 0 aromatic rings. The van der Waals surface area contributed by atoms with E-state index in [1.165, 1.54) is 6.08 Å². The van der Waals surface area contributed by atoms with Gasteiger partial charge in [-0.15, -0.1) is 0 Å². The highest BCUT2D eigenvalue weighted by Crippen LogP contribution is 2.33. The Morgan fingerprint density at radius 3 is 1.94 bits per heavy atom. The number of hydrogen-bond acceptors (Lipinski definition) is 15. The second kappa shape index (κ2) is 11.7. The van der Waals surface area contributed by atoms with E-state index < -0.39 is 111 Å². The maximum absolute atomic E-state index is 10.9. The van der Waals surface area contributed by atoms with Gasteiger partial charge in [0.2, 0.25) is 0 Å². The highest BCUT2D eigenvalue weighted by molar-refractivity contribution is 5.22. The fourth-order valence-electron chi connectivity index (χ4n) is 4.81. The molecule has 15 atom stereocenters. The van der Waals surface area contributed by atoms with Crippen LogP contribution in [0, 0.1) is 5.92 Å². The molecule has 0 bridgehead atoms. The Bertz CT molecular complexity index is 726. The van der Waals surface area contributed by atoms with Gasteiger partial charge in [-0.25, -0.2) is 0 Å². The van der Waals surface area contributed by atoms with Gasteiger partial charge in [0.05, 0.1) is 44.1 Å². The minimum Gasteiger partial charge on any atom is -0.396 e. The lowest BCUT2D eigenvalue weighted by atomic mass is 9.76. The van der Waals surface area contributed by atoms with Crippen molar-refractivity contribution in [1.29, 1.82) is 0 Å². The lowest BCUT2D eigenvalue weighted by molar-refractivity contribution is -0.332.